The SMILES string of the molecule is CC(C)OC(=O)CCNC(=O)C1(c2cccc(F)c2)CCC1. The number of hydrogen-bond acceptors (Lipinski definition) is 3. The summed E-state index contributed by atoms with van der Waals surface area (Å²) in [6.07, 6.45) is 2.34. The first-order chi connectivity index (χ1) is 10.4. The largest absolute Gasteiger partial charge is 0.463 e. The summed E-state index contributed by atoms with van der Waals surface area (Å²) >= 11 is 0. The molecule has 22 heavy (non-hydrogen) atoms. The van der Waals surface area contributed by atoms with Crippen LogP contribution >= 0.6 is 0 Å². The van der Waals surface area contributed by atoms with Crippen LogP contribution in [-0.4, -0.2) is 24.5 Å². The van der Waals surface area contributed by atoms with E-state index in [-0.39, 0.29) is 36.8 Å². The van der Waals surface area contributed by atoms with Crippen LogP contribution in [0.2, 0.25) is 0 Å². The highest BCUT2D eigenvalue weighted by Gasteiger charge is 2.45. The molecular weight excluding hydrogens is 285 g/mol. The van der Waals surface area contributed by atoms with Crippen LogP contribution in [-0.2, 0) is 19.7 Å². The Morgan fingerprint density at radius 1 is 1.36 bits per heavy atom. The maximum absolute atomic E-state index is 13.4. The van der Waals surface area contributed by atoms with Crippen molar-refractivity contribution in [3.05, 3.63) is 35.6 Å². The van der Waals surface area contributed by atoms with Gasteiger partial charge >= 0.3 is 5.97 Å². The maximum atomic E-state index is 13.4. The lowest BCUT2D eigenvalue weighted by Gasteiger charge is -2.40. The second kappa shape index (κ2) is 6.90. The van der Waals surface area contributed by atoms with Crippen molar-refractivity contribution in [3.8, 4) is 0 Å². The minimum atomic E-state index is -0.649. The molecule has 1 fully saturated rings. The Bertz CT molecular complexity index is 553. The molecule has 0 aromatic heterocycles. The maximum Gasteiger partial charge on any atom is 0.307 e. The third-order valence-corrected chi connectivity index (χ3v) is 4.00. The van der Waals surface area contributed by atoms with E-state index in [9.17, 15) is 14.0 Å². The lowest BCUT2D eigenvalue weighted by Crippen LogP contribution is -2.49. The summed E-state index contributed by atoms with van der Waals surface area (Å²) in [5.41, 5.74) is 0.0605. The van der Waals surface area contributed by atoms with Crippen molar-refractivity contribution in [2.75, 3.05) is 6.54 Å². The second-order valence-electron chi connectivity index (χ2n) is 5.99. The van der Waals surface area contributed by atoms with Gasteiger partial charge in [0.1, 0.15) is 5.82 Å². The third kappa shape index (κ3) is 3.64. The summed E-state index contributed by atoms with van der Waals surface area (Å²) < 4.78 is 18.4. The van der Waals surface area contributed by atoms with Gasteiger partial charge in [-0.2, -0.15) is 0 Å². The monoisotopic (exact) mass is 307 g/mol. The predicted octanol–water partition coefficient (Wildman–Crippen LogP) is 2.71. The van der Waals surface area contributed by atoms with Gasteiger partial charge in [0.25, 0.3) is 0 Å². The lowest BCUT2D eigenvalue weighted by molar-refractivity contribution is -0.147. The predicted molar refractivity (Wildman–Crippen MR) is 80.8 cm³/mol. The van der Waals surface area contributed by atoms with Crippen molar-refractivity contribution < 1.29 is 18.7 Å². The van der Waals surface area contributed by atoms with Crippen LogP contribution < -0.4 is 5.32 Å². The zero-order chi connectivity index (χ0) is 16.2. The molecule has 0 spiro atoms. The van der Waals surface area contributed by atoms with Gasteiger partial charge in [-0.25, -0.2) is 4.39 Å². The third-order valence-electron chi connectivity index (χ3n) is 4.00. The molecule has 0 heterocycles. The van der Waals surface area contributed by atoms with Crippen LogP contribution in [0.1, 0.15) is 45.1 Å². The standard InChI is InChI=1S/C17H22FNO3/c1-12(2)22-15(20)7-10-19-16(21)17(8-4-9-17)13-5-3-6-14(18)11-13/h3,5-6,11-12H,4,7-10H2,1-2H3,(H,19,21). The first-order valence-corrected chi connectivity index (χ1v) is 7.68. The zero-order valence-electron chi connectivity index (χ0n) is 13.0. The molecule has 1 aliphatic carbocycles. The lowest BCUT2D eigenvalue weighted by atomic mass is 9.64. The van der Waals surface area contributed by atoms with Crippen LogP contribution in [0.3, 0.4) is 0 Å². The Hall–Kier alpha value is -1.91. The van der Waals surface area contributed by atoms with Gasteiger partial charge in [-0.15, -0.1) is 0 Å². The van der Waals surface area contributed by atoms with Crippen LogP contribution in [0.15, 0.2) is 24.3 Å². The van der Waals surface area contributed by atoms with E-state index >= 15 is 0 Å². The number of amides is 1. The fraction of sp³-hybridized carbons (Fsp3) is 0.529. The van der Waals surface area contributed by atoms with Crippen LogP contribution in [0, 0.1) is 5.82 Å². The summed E-state index contributed by atoms with van der Waals surface area (Å²) in [4.78, 5) is 23.9. The minimum absolute atomic E-state index is 0.137. The molecule has 0 atom stereocenters. The molecule has 1 aliphatic rings. The Balaban J connectivity index is 1.94. The molecule has 0 unspecified atom stereocenters. The Labute approximate surface area is 130 Å². The Kier molecular flexibility index (Phi) is 5.16. The van der Waals surface area contributed by atoms with Crippen molar-refractivity contribution in [2.45, 2.75) is 51.0 Å². The highest BCUT2D eigenvalue weighted by Crippen LogP contribution is 2.44. The van der Waals surface area contributed by atoms with Gasteiger partial charge in [0.05, 0.1) is 17.9 Å². The van der Waals surface area contributed by atoms with Gasteiger partial charge in [-0.1, -0.05) is 18.6 Å². The molecule has 2 rings (SSSR count). The molecule has 1 N–H and O–H groups in total. The number of esters is 1. The molecule has 5 heteroatoms. The Morgan fingerprint density at radius 2 is 2.09 bits per heavy atom. The number of nitrogens with one attached hydrogen (secondary N) is 1. The van der Waals surface area contributed by atoms with Crippen molar-refractivity contribution >= 4 is 11.9 Å². The van der Waals surface area contributed by atoms with E-state index in [0.29, 0.717) is 18.4 Å². The molecule has 1 amide bonds. The highest BCUT2D eigenvalue weighted by atomic mass is 19.1. The molecule has 1 aromatic rings. The minimum Gasteiger partial charge on any atom is -0.463 e. The van der Waals surface area contributed by atoms with Gasteiger partial charge in [0, 0.05) is 6.54 Å². The van der Waals surface area contributed by atoms with Gasteiger partial charge in [0.15, 0.2) is 0 Å². The number of carbonyl (C=O) groups excluding carboxylic acids is 2. The summed E-state index contributed by atoms with van der Waals surface area (Å²) in [6, 6.07) is 6.20. The van der Waals surface area contributed by atoms with Gasteiger partial charge < -0.3 is 10.1 Å². The van der Waals surface area contributed by atoms with Gasteiger partial charge in [-0.05, 0) is 44.4 Å². The average Bonchev–Trinajstić information content (AvgIpc) is 2.36. The van der Waals surface area contributed by atoms with E-state index in [1.54, 1.807) is 26.0 Å². The smallest absolute Gasteiger partial charge is 0.307 e. The Morgan fingerprint density at radius 3 is 2.64 bits per heavy atom. The summed E-state index contributed by atoms with van der Waals surface area (Å²) in [5, 5.41) is 2.79. The van der Waals surface area contributed by atoms with Crippen molar-refractivity contribution in [3.63, 3.8) is 0 Å². The van der Waals surface area contributed by atoms with Gasteiger partial charge in [-0.3, -0.25) is 9.59 Å². The molecule has 1 aromatic carbocycles. The first-order valence-electron chi connectivity index (χ1n) is 7.68. The molecule has 0 bridgehead atoms. The number of rotatable bonds is 6. The molecule has 1 saturated carbocycles. The van der Waals surface area contributed by atoms with Crippen molar-refractivity contribution in [2.24, 2.45) is 0 Å². The normalized spacial score (nSPS) is 16.0. The van der Waals surface area contributed by atoms with Crippen LogP contribution in [0.4, 0.5) is 4.39 Å². The quantitative estimate of drug-likeness (QED) is 0.822. The fourth-order valence-electron chi connectivity index (χ4n) is 2.73. The topological polar surface area (TPSA) is 55.4 Å². The van der Waals surface area contributed by atoms with Crippen molar-refractivity contribution in [1.82, 2.24) is 5.32 Å². The average molecular weight is 307 g/mol. The number of benzene rings is 1. The molecule has 120 valence electrons. The molecule has 4 nitrogen and oxygen atoms in total. The van der Waals surface area contributed by atoms with Crippen LogP contribution in [0.25, 0.3) is 0 Å². The number of hydrogen-bond donors (Lipinski definition) is 1. The summed E-state index contributed by atoms with van der Waals surface area (Å²) in [6.45, 7) is 3.80. The fourth-order valence-corrected chi connectivity index (χ4v) is 2.73. The zero-order valence-corrected chi connectivity index (χ0v) is 13.0. The van der Waals surface area contributed by atoms with E-state index in [2.05, 4.69) is 5.32 Å². The molecule has 0 saturated heterocycles. The number of halogens is 1. The molecule has 0 radical (unpaired) electrons. The molecular formula is C17H22FNO3. The van der Waals surface area contributed by atoms with E-state index in [1.807, 2.05) is 0 Å². The van der Waals surface area contributed by atoms with E-state index in [4.69, 9.17) is 4.74 Å². The summed E-state index contributed by atoms with van der Waals surface area (Å²) in [5.74, 6) is -0.803. The summed E-state index contributed by atoms with van der Waals surface area (Å²) in [7, 11) is 0. The highest BCUT2D eigenvalue weighted by molar-refractivity contribution is 5.89. The molecule has 0 aliphatic heterocycles. The van der Waals surface area contributed by atoms with Gasteiger partial charge in [0.2, 0.25) is 5.91 Å². The first kappa shape index (κ1) is 16.5. The van der Waals surface area contributed by atoms with E-state index in [1.165, 1.54) is 12.1 Å². The second-order valence-corrected chi connectivity index (χ2v) is 5.99. The van der Waals surface area contributed by atoms with Crippen molar-refractivity contribution in [1.29, 1.82) is 0 Å². The number of ether oxygens (including phenoxy) is 1. The van der Waals surface area contributed by atoms with Crippen LogP contribution in [0.5, 0.6) is 0 Å². The number of carbonyl (C=O) groups is 2. The van der Waals surface area contributed by atoms with E-state index in [0.717, 1.165) is 6.42 Å². The van der Waals surface area contributed by atoms with E-state index < -0.39 is 5.41 Å².